The number of hydrogen-bond acceptors (Lipinski definition) is 4. The van der Waals surface area contributed by atoms with E-state index in [-0.39, 0.29) is 18.4 Å². The van der Waals surface area contributed by atoms with Gasteiger partial charge >= 0.3 is 11.9 Å². The zero-order chi connectivity index (χ0) is 31.3. The molecule has 0 saturated heterocycles. The molecule has 0 saturated carbocycles. The molecule has 4 aromatic rings. The summed E-state index contributed by atoms with van der Waals surface area (Å²) in [5, 5.41) is 13.1. The van der Waals surface area contributed by atoms with Gasteiger partial charge in [0.1, 0.15) is 40.3 Å². The molecule has 1 heterocycles. The molecule has 44 heavy (non-hydrogen) atoms. The molecule has 0 bridgehead atoms. The van der Waals surface area contributed by atoms with E-state index in [0.29, 0.717) is 5.75 Å². The van der Waals surface area contributed by atoms with Crippen LogP contribution in [-0.4, -0.2) is 28.8 Å². The number of fused-ring (bicyclic) bond motifs is 1. The van der Waals surface area contributed by atoms with Crippen molar-refractivity contribution >= 4 is 35.1 Å². The molecule has 0 aliphatic carbocycles. The van der Waals surface area contributed by atoms with Crippen molar-refractivity contribution in [1.29, 1.82) is 0 Å². The highest BCUT2D eigenvalue weighted by Crippen LogP contribution is 2.56. The van der Waals surface area contributed by atoms with Crippen molar-refractivity contribution in [3.63, 3.8) is 0 Å². The second-order valence-corrected chi connectivity index (χ2v) is 15.7. The zero-order valence-electron chi connectivity index (χ0n) is 26.1. The van der Waals surface area contributed by atoms with Gasteiger partial charge in [0.25, 0.3) is 0 Å². The van der Waals surface area contributed by atoms with Gasteiger partial charge in [-0.15, -0.1) is 0 Å². The molecular weight excluding hydrogens is 567 g/mol. The standard InChI is InChI=1S/C38H41O5P/c1-27-28(2)37-33(29(3)36(27)42-35(41)22-21-34(39)40)23-25-38(4,43-37)24-14-26-44(30-15-8-5-9-16-30,31-17-10-6-11-18-31)32-19-12-7-13-20-32/h5-13,15-20H,14,21-26H2,1-4H3/p+1. The fourth-order valence-corrected chi connectivity index (χ4v) is 10.9. The van der Waals surface area contributed by atoms with E-state index in [4.69, 9.17) is 14.6 Å². The first kappa shape index (κ1) is 31.5. The van der Waals surface area contributed by atoms with Crippen LogP contribution in [0.25, 0.3) is 0 Å². The number of hydrogen-bond donors (Lipinski definition) is 1. The van der Waals surface area contributed by atoms with Gasteiger partial charge in [-0.05, 0) is 106 Å². The number of carbonyl (C=O) groups excluding carboxylic acids is 1. The monoisotopic (exact) mass is 609 g/mol. The quantitative estimate of drug-likeness (QED) is 0.110. The minimum absolute atomic E-state index is 0.155. The summed E-state index contributed by atoms with van der Waals surface area (Å²) < 4.78 is 12.6. The van der Waals surface area contributed by atoms with Crippen LogP contribution in [0.3, 0.4) is 0 Å². The van der Waals surface area contributed by atoms with E-state index in [0.717, 1.165) is 59.8 Å². The van der Waals surface area contributed by atoms with Crippen LogP contribution in [0.15, 0.2) is 91.0 Å². The van der Waals surface area contributed by atoms with Gasteiger partial charge in [0.05, 0.1) is 19.0 Å². The lowest BCUT2D eigenvalue weighted by molar-refractivity contribution is -0.142. The second kappa shape index (κ2) is 13.4. The summed E-state index contributed by atoms with van der Waals surface area (Å²) in [6.07, 6.45) is 4.26. The van der Waals surface area contributed by atoms with E-state index in [2.05, 4.69) is 97.9 Å². The Bertz CT molecular complexity index is 1520. The molecule has 4 aromatic carbocycles. The van der Waals surface area contributed by atoms with E-state index < -0.39 is 19.2 Å². The fraction of sp³-hybridized carbons (Fsp3) is 0.316. The van der Waals surface area contributed by atoms with Gasteiger partial charge in [-0.1, -0.05) is 54.6 Å². The predicted octanol–water partition coefficient (Wildman–Crippen LogP) is 7.24. The lowest BCUT2D eigenvalue weighted by atomic mass is 9.85. The van der Waals surface area contributed by atoms with Gasteiger partial charge in [-0.2, -0.15) is 0 Å². The number of ether oxygens (including phenoxy) is 2. The van der Waals surface area contributed by atoms with Crippen molar-refractivity contribution in [1.82, 2.24) is 0 Å². The maximum atomic E-state index is 12.4. The Labute approximate surface area is 261 Å². The van der Waals surface area contributed by atoms with Crippen molar-refractivity contribution < 1.29 is 24.2 Å². The summed E-state index contributed by atoms with van der Waals surface area (Å²) in [6.45, 7) is 8.16. The minimum atomic E-state index is -1.92. The molecule has 0 aromatic heterocycles. The van der Waals surface area contributed by atoms with E-state index in [1.165, 1.54) is 15.9 Å². The smallest absolute Gasteiger partial charge is 0.311 e. The van der Waals surface area contributed by atoms with Crippen LogP contribution in [0.5, 0.6) is 11.5 Å². The number of carboxylic acids is 1. The van der Waals surface area contributed by atoms with E-state index in [1.54, 1.807) is 0 Å². The second-order valence-electron chi connectivity index (χ2n) is 12.1. The van der Waals surface area contributed by atoms with Gasteiger partial charge in [0.2, 0.25) is 0 Å². The van der Waals surface area contributed by atoms with Crippen LogP contribution in [0.1, 0.15) is 61.3 Å². The summed E-state index contributed by atoms with van der Waals surface area (Å²) in [5.41, 5.74) is 3.48. The Morgan fingerprint density at radius 1 is 0.795 bits per heavy atom. The topological polar surface area (TPSA) is 72.8 Å². The summed E-state index contributed by atoms with van der Waals surface area (Å²) in [4.78, 5) is 23.3. The third-order valence-electron chi connectivity index (χ3n) is 9.11. The SMILES string of the molecule is Cc1c(C)c2c(c(C)c1OC(=O)CCC(=O)O)CCC(C)(CCC[P+](c1ccccc1)(c1ccccc1)c1ccccc1)O2. The first-order valence-corrected chi connectivity index (χ1v) is 17.4. The van der Waals surface area contributed by atoms with Crippen LogP contribution in [0.2, 0.25) is 0 Å². The highest BCUT2D eigenvalue weighted by atomic mass is 31.2. The van der Waals surface area contributed by atoms with Crippen molar-refractivity contribution in [2.45, 2.75) is 71.8 Å². The number of carboxylic acid groups (broad SMARTS) is 1. The number of benzene rings is 4. The van der Waals surface area contributed by atoms with Gasteiger partial charge < -0.3 is 14.6 Å². The predicted molar refractivity (Wildman–Crippen MR) is 180 cm³/mol. The summed E-state index contributed by atoms with van der Waals surface area (Å²) in [5.74, 6) is -0.108. The molecule has 1 unspecified atom stereocenters. The van der Waals surface area contributed by atoms with Gasteiger partial charge in [-0.25, -0.2) is 0 Å². The van der Waals surface area contributed by atoms with E-state index in [9.17, 15) is 9.59 Å². The zero-order valence-corrected chi connectivity index (χ0v) is 27.0. The Kier molecular flexibility index (Phi) is 9.56. The van der Waals surface area contributed by atoms with Crippen molar-refractivity contribution in [3.8, 4) is 11.5 Å². The van der Waals surface area contributed by atoms with Gasteiger partial charge in [0, 0.05) is 5.56 Å². The molecule has 1 atom stereocenters. The third-order valence-corrected chi connectivity index (χ3v) is 13.6. The minimum Gasteiger partial charge on any atom is -0.487 e. The highest BCUT2D eigenvalue weighted by Gasteiger charge is 2.45. The van der Waals surface area contributed by atoms with Gasteiger partial charge in [0.15, 0.2) is 0 Å². The van der Waals surface area contributed by atoms with Crippen molar-refractivity contribution in [2.75, 3.05) is 6.16 Å². The maximum absolute atomic E-state index is 12.4. The fourth-order valence-electron chi connectivity index (χ4n) is 6.56. The maximum Gasteiger partial charge on any atom is 0.311 e. The normalized spacial score (nSPS) is 16.1. The first-order chi connectivity index (χ1) is 21.1. The van der Waals surface area contributed by atoms with E-state index >= 15 is 0 Å². The molecule has 1 N–H and O–H groups in total. The first-order valence-electron chi connectivity index (χ1n) is 15.4. The van der Waals surface area contributed by atoms with Gasteiger partial charge in [-0.3, -0.25) is 9.59 Å². The molecule has 5 nitrogen and oxygen atoms in total. The molecule has 0 fully saturated rings. The molecule has 1 aliphatic rings. The van der Waals surface area contributed by atoms with Crippen molar-refractivity contribution in [3.05, 3.63) is 113 Å². The Balaban J connectivity index is 1.41. The van der Waals surface area contributed by atoms with Crippen LogP contribution in [0.4, 0.5) is 0 Å². The van der Waals surface area contributed by atoms with Crippen molar-refractivity contribution in [2.24, 2.45) is 0 Å². The summed E-state index contributed by atoms with van der Waals surface area (Å²) >= 11 is 0. The molecule has 6 heteroatoms. The molecule has 0 radical (unpaired) electrons. The lowest BCUT2D eigenvalue weighted by Gasteiger charge is -2.38. The highest BCUT2D eigenvalue weighted by molar-refractivity contribution is 7.95. The number of carbonyl (C=O) groups is 2. The third kappa shape index (κ3) is 6.44. The molecule has 5 rings (SSSR count). The Hall–Kier alpha value is -3.95. The lowest BCUT2D eigenvalue weighted by Crippen LogP contribution is -2.38. The molecule has 228 valence electrons. The van der Waals surface area contributed by atoms with Crippen LogP contribution < -0.4 is 25.4 Å². The molecular formula is C38H42O5P+. The number of esters is 1. The largest absolute Gasteiger partial charge is 0.487 e. The number of aliphatic carboxylic acids is 1. The Morgan fingerprint density at radius 2 is 1.32 bits per heavy atom. The van der Waals surface area contributed by atoms with Crippen LogP contribution in [0, 0.1) is 20.8 Å². The average Bonchev–Trinajstić information content (AvgIpc) is 3.04. The summed E-state index contributed by atoms with van der Waals surface area (Å²) in [6, 6.07) is 33.0. The average molecular weight is 610 g/mol. The molecule has 0 spiro atoms. The number of rotatable bonds is 11. The molecule has 0 amide bonds. The Morgan fingerprint density at radius 3 is 1.82 bits per heavy atom. The van der Waals surface area contributed by atoms with E-state index in [1.807, 2.05) is 20.8 Å². The van der Waals surface area contributed by atoms with Crippen LogP contribution >= 0.6 is 7.26 Å². The van der Waals surface area contributed by atoms with Crippen LogP contribution in [-0.2, 0) is 16.0 Å². The molecule has 1 aliphatic heterocycles. The summed E-state index contributed by atoms with van der Waals surface area (Å²) in [7, 11) is -1.92.